The minimum atomic E-state index is -0.480. The molecule has 0 bridgehead atoms. The van der Waals surface area contributed by atoms with Crippen LogP contribution in [0.5, 0.6) is 0 Å². The van der Waals surface area contributed by atoms with Gasteiger partial charge in [0.15, 0.2) is 5.69 Å². The monoisotopic (exact) mass is 465 g/mol. The predicted octanol–water partition coefficient (Wildman–Crippen LogP) is 3.11. The maximum Gasteiger partial charge on any atom is 0.356 e. The van der Waals surface area contributed by atoms with Gasteiger partial charge in [0, 0.05) is 30.1 Å². The average Bonchev–Trinajstić information content (AvgIpc) is 3.10. The highest BCUT2D eigenvalue weighted by Gasteiger charge is 2.35. The van der Waals surface area contributed by atoms with Crippen molar-refractivity contribution >= 4 is 35.9 Å². The lowest BCUT2D eigenvalue weighted by Gasteiger charge is -2.33. The van der Waals surface area contributed by atoms with Crippen molar-refractivity contribution in [3.05, 3.63) is 51.3 Å². The number of rotatable bonds is 5. The molecule has 1 aliphatic rings. The Morgan fingerprint density at radius 3 is 2.77 bits per heavy atom. The number of ether oxygens (including phenoxy) is 1. The van der Waals surface area contributed by atoms with E-state index in [0.717, 1.165) is 5.69 Å². The molecule has 1 aromatic carbocycles. The lowest BCUT2D eigenvalue weighted by Crippen LogP contribution is -2.42. The molecule has 10 heteroatoms. The number of hydrogen-bond acceptors (Lipinski definition) is 6. The number of benzene rings is 1. The van der Waals surface area contributed by atoms with E-state index in [4.69, 9.17) is 22.1 Å². The maximum absolute atomic E-state index is 13.2. The molecule has 2 N–H and O–H groups in total. The van der Waals surface area contributed by atoms with Gasteiger partial charge < -0.3 is 15.4 Å². The summed E-state index contributed by atoms with van der Waals surface area (Å²) < 4.78 is 6.85. The number of halogens is 2. The Bertz CT molecular complexity index is 1030. The Morgan fingerprint density at radius 2 is 2.16 bits per heavy atom. The summed E-state index contributed by atoms with van der Waals surface area (Å²) >= 11 is 5.99. The number of esters is 1. The summed E-state index contributed by atoms with van der Waals surface area (Å²) in [5.41, 5.74) is 8.20. The molecular formula is C21H25Cl2N5O3. The van der Waals surface area contributed by atoms with Gasteiger partial charge in [-0.25, -0.2) is 4.79 Å². The first-order valence-electron chi connectivity index (χ1n) is 9.80. The molecule has 3 rings (SSSR count). The smallest absolute Gasteiger partial charge is 0.356 e. The van der Waals surface area contributed by atoms with Crippen LogP contribution in [0.3, 0.4) is 0 Å². The number of carbonyl (C=O) groups is 2. The maximum atomic E-state index is 13.2. The molecule has 2 heterocycles. The van der Waals surface area contributed by atoms with Gasteiger partial charge in [-0.15, -0.1) is 12.4 Å². The van der Waals surface area contributed by atoms with E-state index in [9.17, 15) is 14.9 Å². The number of fused-ring (bicyclic) bond motifs is 1. The van der Waals surface area contributed by atoms with Gasteiger partial charge in [-0.3, -0.25) is 9.48 Å². The molecule has 166 valence electrons. The number of amides is 1. The van der Waals surface area contributed by atoms with Crippen molar-refractivity contribution in [2.24, 2.45) is 5.73 Å². The minimum absolute atomic E-state index is 0. The fraction of sp³-hybridized carbons (Fsp3) is 0.429. The molecule has 0 saturated carbocycles. The molecule has 1 aromatic heterocycles. The van der Waals surface area contributed by atoms with E-state index in [2.05, 4.69) is 5.10 Å². The standard InChI is InChI=1S/C21H24ClN5O3.ClH/c1-4-30-21(29)19-16-11-26(12(2)7-18(16)25-27(19)13(3)9-23)20(28)14-5-6-17(22)15(8-14)10-24;/h5-6,8,12-13H,4,7,9,11,23H2,1-3H3;1H/t12-,13-;/m1./s1. The van der Waals surface area contributed by atoms with E-state index in [0.29, 0.717) is 34.8 Å². The summed E-state index contributed by atoms with van der Waals surface area (Å²) in [5, 5.41) is 14.1. The van der Waals surface area contributed by atoms with Crippen LogP contribution < -0.4 is 5.73 Å². The lowest BCUT2D eigenvalue weighted by molar-refractivity contribution is 0.0500. The number of nitrogens with zero attached hydrogens (tertiary/aromatic N) is 4. The second-order valence-corrected chi connectivity index (χ2v) is 7.72. The van der Waals surface area contributed by atoms with Gasteiger partial charge in [0.2, 0.25) is 0 Å². The van der Waals surface area contributed by atoms with Crippen molar-refractivity contribution in [1.29, 1.82) is 5.26 Å². The van der Waals surface area contributed by atoms with Crippen LogP contribution in [-0.4, -0.2) is 45.8 Å². The molecule has 0 saturated heterocycles. The van der Waals surface area contributed by atoms with E-state index >= 15 is 0 Å². The van der Waals surface area contributed by atoms with Crippen molar-refractivity contribution in [3.63, 3.8) is 0 Å². The third kappa shape index (κ3) is 4.69. The Kier molecular flexibility index (Phi) is 8.07. The normalized spacial score (nSPS) is 16.0. The van der Waals surface area contributed by atoms with Gasteiger partial charge in [0.25, 0.3) is 5.91 Å². The number of nitrogens with two attached hydrogens (primary N) is 1. The van der Waals surface area contributed by atoms with Crippen LogP contribution in [0.4, 0.5) is 0 Å². The van der Waals surface area contributed by atoms with Gasteiger partial charge in [0.05, 0.1) is 35.5 Å². The average molecular weight is 466 g/mol. The highest BCUT2D eigenvalue weighted by molar-refractivity contribution is 6.31. The fourth-order valence-corrected chi connectivity index (χ4v) is 3.74. The number of hydrogen-bond donors (Lipinski definition) is 1. The van der Waals surface area contributed by atoms with Gasteiger partial charge in [0.1, 0.15) is 6.07 Å². The molecule has 8 nitrogen and oxygen atoms in total. The summed E-state index contributed by atoms with van der Waals surface area (Å²) in [5.74, 6) is -0.720. The zero-order valence-electron chi connectivity index (χ0n) is 17.6. The van der Waals surface area contributed by atoms with Crippen LogP contribution in [0.1, 0.15) is 64.5 Å². The molecule has 0 unspecified atom stereocenters. The summed E-state index contributed by atoms with van der Waals surface area (Å²) in [6.45, 7) is 6.30. The van der Waals surface area contributed by atoms with E-state index < -0.39 is 5.97 Å². The van der Waals surface area contributed by atoms with Crippen molar-refractivity contribution < 1.29 is 14.3 Å². The summed E-state index contributed by atoms with van der Waals surface area (Å²) in [6.07, 6.45) is 0.496. The third-order valence-corrected chi connectivity index (χ3v) is 5.59. The molecule has 0 spiro atoms. The van der Waals surface area contributed by atoms with Crippen molar-refractivity contribution in [1.82, 2.24) is 14.7 Å². The first-order chi connectivity index (χ1) is 14.3. The molecule has 0 aliphatic carbocycles. The Morgan fingerprint density at radius 1 is 1.45 bits per heavy atom. The molecule has 0 radical (unpaired) electrons. The van der Waals surface area contributed by atoms with Gasteiger partial charge in [-0.1, -0.05) is 11.6 Å². The summed E-state index contributed by atoms with van der Waals surface area (Å²) in [7, 11) is 0. The third-order valence-electron chi connectivity index (χ3n) is 5.26. The second kappa shape index (κ2) is 10.1. The van der Waals surface area contributed by atoms with Crippen molar-refractivity contribution in [2.45, 2.75) is 45.8 Å². The zero-order valence-corrected chi connectivity index (χ0v) is 19.2. The highest BCUT2D eigenvalue weighted by atomic mass is 35.5. The summed E-state index contributed by atoms with van der Waals surface area (Å²) in [6, 6.07) is 6.28. The highest BCUT2D eigenvalue weighted by Crippen LogP contribution is 2.30. The van der Waals surface area contributed by atoms with E-state index in [-0.39, 0.29) is 49.1 Å². The van der Waals surface area contributed by atoms with Crippen LogP contribution in [0.15, 0.2) is 18.2 Å². The van der Waals surface area contributed by atoms with Crippen LogP contribution in [0.2, 0.25) is 5.02 Å². The van der Waals surface area contributed by atoms with E-state index in [1.807, 2.05) is 19.9 Å². The first-order valence-corrected chi connectivity index (χ1v) is 10.2. The largest absolute Gasteiger partial charge is 0.461 e. The SMILES string of the molecule is CCOC(=O)c1c2c(nn1[C@H](C)CN)C[C@@H](C)N(C(=O)c1ccc(Cl)c(C#N)c1)C2.Cl. The Hall–Kier alpha value is -2.60. The number of nitriles is 1. The molecule has 2 aromatic rings. The van der Waals surface area contributed by atoms with E-state index in [1.165, 1.54) is 6.07 Å². The zero-order chi connectivity index (χ0) is 22.0. The first kappa shape index (κ1) is 24.7. The van der Waals surface area contributed by atoms with Crippen molar-refractivity contribution in [3.8, 4) is 6.07 Å². The van der Waals surface area contributed by atoms with E-state index in [1.54, 1.807) is 28.6 Å². The van der Waals surface area contributed by atoms with Crippen molar-refractivity contribution in [2.75, 3.05) is 13.2 Å². The predicted molar refractivity (Wildman–Crippen MR) is 118 cm³/mol. The van der Waals surface area contributed by atoms with Gasteiger partial charge >= 0.3 is 5.97 Å². The lowest BCUT2D eigenvalue weighted by atomic mass is 9.98. The number of carbonyl (C=O) groups excluding carboxylic acids is 2. The molecule has 1 aliphatic heterocycles. The molecular weight excluding hydrogens is 441 g/mol. The molecule has 31 heavy (non-hydrogen) atoms. The van der Waals surface area contributed by atoms with Gasteiger partial charge in [-0.2, -0.15) is 10.4 Å². The van der Waals surface area contributed by atoms with Crippen LogP contribution in [-0.2, 0) is 17.7 Å². The molecule has 2 atom stereocenters. The van der Waals surface area contributed by atoms with Crippen LogP contribution in [0.25, 0.3) is 0 Å². The molecule has 0 fully saturated rings. The quantitative estimate of drug-likeness (QED) is 0.678. The summed E-state index contributed by atoms with van der Waals surface area (Å²) in [4.78, 5) is 27.6. The topological polar surface area (TPSA) is 114 Å². The molecule has 1 amide bonds. The van der Waals surface area contributed by atoms with Gasteiger partial charge in [-0.05, 0) is 39.0 Å². The minimum Gasteiger partial charge on any atom is -0.461 e. The van der Waals surface area contributed by atoms with Crippen LogP contribution in [0, 0.1) is 11.3 Å². The second-order valence-electron chi connectivity index (χ2n) is 7.32. The fourth-order valence-electron chi connectivity index (χ4n) is 3.58. The Labute approximate surface area is 192 Å². The number of aromatic nitrogens is 2. The Balaban J connectivity index is 0.00000341. The van der Waals surface area contributed by atoms with Crippen LogP contribution >= 0.6 is 24.0 Å².